The lowest BCUT2D eigenvalue weighted by Gasteiger charge is -2.16. The van der Waals surface area contributed by atoms with Gasteiger partial charge in [0, 0.05) is 5.69 Å². The molecule has 1 atom stereocenters. The smallest absolute Gasteiger partial charge is 0.326 e. The summed E-state index contributed by atoms with van der Waals surface area (Å²) in [6.07, 6.45) is 0.302. The molecule has 1 aromatic carbocycles. The third-order valence-corrected chi connectivity index (χ3v) is 3.67. The van der Waals surface area contributed by atoms with E-state index in [0.717, 1.165) is 0 Å². The first-order valence-corrected chi connectivity index (χ1v) is 7.96. The van der Waals surface area contributed by atoms with E-state index in [1.54, 1.807) is 6.07 Å². The molecule has 1 rings (SSSR count). The summed E-state index contributed by atoms with van der Waals surface area (Å²) in [5.74, 6) is -1.60. The van der Waals surface area contributed by atoms with Crippen LogP contribution in [0.5, 0.6) is 0 Å². The van der Waals surface area contributed by atoms with E-state index < -0.39 is 23.9 Å². The van der Waals surface area contributed by atoms with E-state index in [9.17, 15) is 14.4 Å². The van der Waals surface area contributed by atoms with Crippen LogP contribution in [0.2, 0.25) is 10.0 Å². The van der Waals surface area contributed by atoms with Crippen LogP contribution >= 0.6 is 23.2 Å². The Labute approximate surface area is 149 Å². The molecule has 0 unspecified atom stereocenters. The van der Waals surface area contributed by atoms with Crippen molar-refractivity contribution in [3.05, 3.63) is 28.2 Å². The lowest BCUT2D eigenvalue weighted by molar-refractivity contribution is -0.142. The number of anilines is 1. The van der Waals surface area contributed by atoms with E-state index >= 15 is 0 Å². The van der Waals surface area contributed by atoms with Crippen molar-refractivity contribution in [3.63, 3.8) is 0 Å². The minimum absolute atomic E-state index is 0.109. The molecule has 0 spiro atoms. The summed E-state index contributed by atoms with van der Waals surface area (Å²) in [5, 5.41) is 16.9. The van der Waals surface area contributed by atoms with Gasteiger partial charge in [0.25, 0.3) is 0 Å². The summed E-state index contributed by atoms with van der Waals surface area (Å²) in [6.45, 7) is 3.35. The van der Waals surface area contributed by atoms with Gasteiger partial charge in [0.2, 0.25) is 5.91 Å². The third kappa shape index (κ3) is 7.06. The number of aliphatic carboxylic acids is 1. The van der Waals surface area contributed by atoms with Crippen molar-refractivity contribution in [2.45, 2.75) is 26.3 Å². The van der Waals surface area contributed by atoms with Gasteiger partial charge in [-0.05, 0) is 30.5 Å². The van der Waals surface area contributed by atoms with E-state index in [-0.39, 0.29) is 17.5 Å². The van der Waals surface area contributed by atoms with Crippen molar-refractivity contribution in [2.24, 2.45) is 5.92 Å². The van der Waals surface area contributed by atoms with Gasteiger partial charge in [0.05, 0.1) is 16.6 Å². The lowest BCUT2D eigenvalue weighted by atomic mass is 10.0. The Kier molecular flexibility index (Phi) is 7.81. The van der Waals surface area contributed by atoms with Crippen LogP contribution in [-0.2, 0) is 9.59 Å². The molecule has 0 aliphatic heterocycles. The number of carbonyl (C=O) groups excluding carboxylic acids is 2. The number of hydrogen-bond acceptors (Lipinski definition) is 3. The molecule has 1 aromatic rings. The predicted octanol–water partition coefficient (Wildman–Crippen LogP) is 2.73. The van der Waals surface area contributed by atoms with Gasteiger partial charge < -0.3 is 21.1 Å². The summed E-state index contributed by atoms with van der Waals surface area (Å²) < 4.78 is 0. The van der Waals surface area contributed by atoms with E-state index in [0.29, 0.717) is 17.1 Å². The molecule has 0 aliphatic rings. The molecule has 0 saturated carbocycles. The Morgan fingerprint density at radius 2 is 1.83 bits per heavy atom. The largest absolute Gasteiger partial charge is 0.480 e. The maximum atomic E-state index is 11.7. The number of halogens is 2. The summed E-state index contributed by atoms with van der Waals surface area (Å²) in [7, 11) is 0. The van der Waals surface area contributed by atoms with Gasteiger partial charge in [-0.25, -0.2) is 9.59 Å². The molecule has 0 radical (unpaired) electrons. The molecule has 3 amide bonds. The molecule has 0 fully saturated rings. The van der Waals surface area contributed by atoms with Crippen molar-refractivity contribution in [3.8, 4) is 0 Å². The van der Waals surface area contributed by atoms with Crippen LogP contribution in [-0.4, -0.2) is 35.6 Å². The number of amides is 3. The number of hydrogen-bond donors (Lipinski definition) is 4. The van der Waals surface area contributed by atoms with Crippen molar-refractivity contribution in [1.29, 1.82) is 0 Å². The number of nitrogens with one attached hydrogen (secondary N) is 3. The molecule has 9 heteroatoms. The first-order valence-electron chi connectivity index (χ1n) is 7.21. The number of rotatable bonds is 7. The SMILES string of the molecule is CC(C)C[C@H](NC(=O)CNC(=O)Nc1ccc(Cl)c(Cl)c1)C(=O)O. The van der Waals surface area contributed by atoms with Crippen molar-refractivity contribution < 1.29 is 19.5 Å². The standard InChI is InChI=1S/C15H19Cl2N3O4/c1-8(2)5-12(14(22)23)20-13(21)7-18-15(24)19-9-3-4-10(16)11(17)6-9/h3-4,6,8,12H,5,7H2,1-2H3,(H,20,21)(H,22,23)(H2,18,19,24)/t12-/m0/s1. The molecular weight excluding hydrogens is 357 g/mol. The Hall–Kier alpha value is -1.99. The molecule has 0 bridgehead atoms. The summed E-state index contributed by atoms with van der Waals surface area (Å²) in [4.78, 5) is 34.5. The Balaban J connectivity index is 2.46. The average molecular weight is 376 g/mol. The van der Waals surface area contributed by atoms with Gasteiger partial charge in [-0.2, -0.15) is 0 Å². The van der Waals surface area contributed by atoms with E-state index in [4.69, 9.17) is 28.3 Å². The molecule has 0 aliphatic carbocycles. The zero-order valence-electron chi connectivity index (χ0n) is 13.2. The lowest BCUT2D eigenvalue weighted by Crippen LogP contribution is -2.46. The highest BCUT2D eigenvalue weighted by Gasteiger charge is 2.21. The summed E-state index contributed by atoms with van der Waals surface area (Å²) in [6, 6.07) is 2.93. The predicted molar refractivity (Wildman–Crippen MR) is 92.5 cm³/mol. The van der Waals surface area contributed by atoms with Crippen molar-refractivity contribution in [1.82, 2.24) is 10.6 Å². The average Bonchev–Trinajstić information content (AvgIpc) is 2.48. The maximum absolute atomic E-state index is 11.7. The first-order chi connectivity index (χ1) is 11.2. The van der Waals surface area contributed by atoms with E-state index in [1.165, 1.54) is 12.1 Å². The highest BCUT2D eigenvalue weighted by atomic mass is 35.5. The van der Waals surface area contributed by atoms with Crippen molar-refractivity contribution in [2.75, 3.05) is 11.9 Å². The topological polar surface area (TPSA) is 108 Å². The highest BCUT2D eigenvalue weighted by Crippen LogP contribution is 2.24. The summed E-state index contributed by atoms with van der Waals surface area (Å²) >= 11 is 11.6. The first kappa shape index (κ1) is 20.1. The van der Waals surface area contributed by atoms with E-state index in [2.05, 4.69) is 16.0 Å². The minimum Gasteiger partial charge on any atom is -0.480 e. The van der Waals surface area contributed by atoms with Crippen LogP contribution in [0.25, 0.3) is 0 Å². The second-order valence-electron chi connectivity index (χ2n) is 5.52. The third-order valence-electron chi connectivity index (χ3n) is 2.93. The van der Waals surface area contributed by atoms with Crippen LogP contribution in [0, 0.1) is 5.92 Å². The van der Waals surface area contributed by atoms with Crippen LogP contribution < -0.4 is 16.0 Å². The number of carbonyl (C=O) groups is 3. The van der Waals surface area contributed by atoms with Crippen LogP contribution in [0.4, 0.5) is 10.5 Å². The normalized spacial score (nSPS) is 11.7. The Morgan fingerprint density at radius 3 is 2.38 bits per heavy atom. The maximum Gasteiger partial charge on any atom is 0.326 e. The van der Waals surface area contributed by atoms with E-state index in [1.807, 2.05) is 13.8 Å². The second kappa shape index (κ2) is 9.34. The molecule has 24 heavy (non-hydrogen) atoms. The zero-order valence-corrected chi connectivity index (χ0v) is 14.7. The molecule has 7 nitrogen and oxygen atoms in total. The Bertz CT molecular complexity index is 623. The molecule has 4 N–H and O–H groups in total. The molecule has 0 heterocycles. The minimum atomic E-state index is -1.11. The quantitative estimate of drug-likeness (QED) is 0.587. The number of urea groups is 1. The van der Waals surface area contributed by atoms with Gasteiger partial charge in [0.1, 0.15) is 6.04 Å². The fraction of sp³-hybridized carbons (Fsp3) is 0.400. The van der Waals surface area contributed by atoms with Gasteiger partial charge in [-0.3, -0.25) is 4.79 Å². The van der Waals surface area contributed by atoms with Gasteiger partial charge in [-0.15, -0.1) is 0 Å². The number of benzene rings is 1. The Morgan fingerprint density at radius 1 is 1.17 bits per heavy atom. The molecular formula is C15H19Cl2N3O4. The molecule has 132 valence electrons. The molecule has 0 aromatic heterocycles. The highest BCUT2D eigenvalue weighted by molar-refractivity contribution is 6.42. The van der Waals surface area contributed by atoms with Gasteiger partial charge in [0.15, 0.2) is 0 Å². The zero-order chi connectivity index (χ0) is 18.3. The second-order valence-corrected chi connectivity index (χ2v) is 6.34. The fourth-order valence-corrected chi connectivity index (χ4v) is 2.15. The van der Waals surface area contributed by atoms with Crippen LogP contribution in [0.1, 0.15) is 20.3 Å². The fourth-order valence-electron chi connectivity index (χ4n) is 1.85. The monoisotopic (exact) mass is 375 g/mol. The number of carboxylic acids is 1. The van der Waals surface area contributed by atoms with Crippen molar-refractivity contribution >= 4 is 46.8 Å². The summed E-state index contributed by atoms with van der Waals surface area (Å²) in [5.41, 5.74) is 0.408. The van der Waals surface area contributed by atoms with Gasteiger partial charge in [-0.1, -0.05) is 37.0 Å². The van der Waals surface area contributed by atoms with Gasteiger partial charge >= 0.3 is 12.0 Å². The molecule has 0 saturated heterocycles. The number of carboxylic acid groups (broad SMARTS) is 1. The van der Waals surface area contributed by atoms with Crippen LogP contribution in [0.15, 0.2) is 18.2 Å². The van der Waals surface area contributed by atoms with Crippen LogP contribution in [0.3, 0.4) is 0 Å².